The summed E-state index contributed by atoms with van der Waals surface area (Å²) >= 11 is 1.47. The molecule has 0 radical (unpaired) electrons. The monoisotopic (exact) mass is 383 g/mol. The average molecular weight is 384 g/mol. The van der Waals surface area contributed by atoms with E-state index in [1.165, 1.54) is 11.8 Å². The third-order valence-corrected chi connectivity index (χ3v) is 5.65. The minimum absolute atomic E-state index is 0.0126. The molecule has 1 aromatic heterocycles. The highest BCUT2D eigenvalue weighted by molar-refractivity contribution is 7.98. The highest BCUT2D eigenvalue weighted by Crippen LogP contribution is 2.22. The van der Waals surface area contributed by atoms with Crippen molar-refractivity contribution in [3.05, 3.63) is 59.8 Å². The summed E-state index contributed by atoms with van der Waals surface area (Å²) in [5, 5.41) is 0.729. The van der Waals surface area contributed by atoms with Gasteiger partial charge in [0, 0.05) is 38.3 Å². The molecule has 0 aliphatic carbocycles. The molecule has 0 N–H and O–H groups in total. The zero-order chi connectivity index (χ0) is 19.2. The van der Waals surface area contributed by atoms with Crippen LogP contribution in [0.1, 0.15) is 35.7 Å². The van der Waals surface area contributed by atoms with Gasteiger partial charge in [-0.05, 0) is 30.4 Å². The molecule has 1 saturated heterocycles. The molecule has 2 heterocycles. The molecule has 0 unspecified atom stereocenters. The lowest BCUT2D eigenvalue weighted by Gasteiger charge is -2.31. The third-order valence-electron chi connectivity index (χ3n) is 4.94. The van der Waals surface area contributed by atoms with Gasteiger partial charge in [0.1, 0.15) is 5.03 Å². The van der Waals surface area contributed by atoms with Gasteiger partial charge < -0.3 is 9.80 Å². The quantitative estimate of drug-likeness (QED) is 0.742. The predicted octanol–water partition coefficient (Wildman–Crippen LogP) is 3.46. The van der Waals surface area contributed by atoms with E-state index >= 15 is 0 Å². The van der Waals surface area contributed by atoms with Crippen LogP contribution in [0.3, 0.4) is 0 Å². The fraction of sp³-hybridized carbons (Fsp3) is 0.381. The maximum absolute atomic E-state index is 13.1. The summed E-state index contributed by atoms with van der Waals surface area (Å²) in [4.78, 5) is 33.9. The molecular formula is C21H25N3O2S. The van der Waals surface area contributed by atoms with Crippen LogP contribution in [0.4, 0.5) is 0 Å². The Balaban J connectivity index is 1.81. The van der Waals surface area contributed by atoms with E-state index in [1.807, 2.05) is 52.5 Å². The Morgan fingerprint density at radius 2 is 2.00 bits per heavy atom. The standard InChI is InChI=1S/C21H25N3O2S/c1-3-17-15-23(21(26)18-10-7-12-22-20(18)27-2)13-11-19(25)24(17)14-16-8-5-4-6-9-16/h4-10,12,17H,3,11,13-15H2,1-2H3/t17-/m1/s1. The third kappa shape index (κ3) is 4.50. The van der Waals surface area contributed by atoms with Crippen LogP contribution in [0, 0.1) is 0 Å². The zero-order valence-electron chi connectivity index (χ0n) is 15.8. The number of carbonyl (C=O) groups excluding carboxylic acids is 2. The lowest BCUT2D eigenvalue weighted by Crippen LogP contribution is -2.43. The van der Waals surface area contributed by atoms with E-state index in [-0.39, 0.29) is 17.9 Å². The van der Waals surface area contributed by atoms with E-state index in [4.69, 9.17) is 0 Å². The van der Waals surface area contributed by atoms with Gasteiger partial charge in [0.05, 0.1) is 5.56 Å². The summed E-state index contributed by atoms with van der Waals surface area (Å²) < 4.78 is 0. The molecule has 5 nitrogen and oxygen atoms in total. The van der Waals surface area contributed by atoms with Crippen molar-refractivity contribution in [1.82, 2.24) is 14.8 Å². The van der Waals surface area contributed by atoms with Crippen molar-refractivity contribution in [3.8, 4) is 0 Å². The Kier molecular flexibility index (Phi) is 6.50. The van der Waals surface area contributed by atoms with Crippen molar-refractivity contribution in [3.63, 3.8) is 0 Å². The lowest BCUT2D eigenvalue weighted by atomic mass is 10.1. The number of rotatable bonds is 5. The number of nitrogens with zero attached hydrogens (tertiary/aromatic N) is 3. The topological polar surface area (TPSA) is 53.5 Å². The molecule has 0 bridgehead atoms. The second kappa shape index (κ2) is 9.04. The number of hydrogen-bond acceptors (Lipinski definition) is 4. The summed E-state index contributed by atoms with van der Waals surface area (Å²) in [6, 6.07) is 13.6. The van der Waals surface area contributed by atoms with Crippen molar-refractivity contribution in [1.29, 1.82) is 0 Å². The molecule has 3 rings (SSSR count). The van der Waals surface area contributed by atoms with Crippen LogP contribution < -0.4 is 0 Å². The first-order valence-electron chi connectivity index (χ1n) is 9.25. The second-order valence-corrected chi connectivity index (χ2v) is 7.43. The smallest absolute Gasteiger partial charge is 0.256 e. The van der Waals surface area contributed by atoms with Gasteiger partial charge in [-0.3, -0.25) is 9.59 Å². The number of thioether (sulfide) groups is 1. The van der Waals surface area contributed by atoms with Crippen molar-refractivity contribution in [2.75, 3.05) is 19.3 Å². The van der Waals surface area contributed by atoms with Crippen molar-refractivity contribution < 1.29 is 9.59 Å². The van der Waals surface area contributed by atoms with E-state index < -0.39 is 0 Å². The van der Waals surface area contributed by atoms with Crippen molar-refractivity contribution in [2.45, 2.75) is 37.4 Å². The average Bonchev–Trinajstić information content (AvgIpc) is 2.87. The summed E-state index contributed by atoms with van der Waals surface area (Å²) in [7, 11) is 0. The maximum Gasteiger partial charge on any atom is 0.256 e. The fourth-order valence-corrected chi connectivity index (χ4v) is 3.98. The Bertz CT molecular complexity index is 797. The Hall–Kier alpha value is -2.34. The zero-order valence-corrected chi connectivity index (χ0v) is 16.6. The van der Waals surface area contributed by atoms with Crippen molar-refractivity contribution >= 4 is 23.6 Å². The molecule has 6 heteroatoms. The number of aromatic nitrogens is 1. The van der Waals surface area contributed by atoms with Gasteiger partial charge in [0.25, 0.3) is 5.91 Å². The molecule has 1 aliphatic rings. The van der Waals surface area contributed by atoms with Gasteiger partial charge in [-0.15, -0.1) is 11.8 Å². The van der Waals surface area contributed by atoms with Gasteiger partial charge in [-0.2, -0.15) is 0 Å². The molecule has 2 aromatic rings. The molecule has 1 fully saturated rings. The Morgan fingerprint density at radius 3 is 2.70 bits per heavy atom. The van der Waals surface area contributed by atoms with Gasteiger partial charge in [-0.1, -0.05) is 37.3 Å². The molecular weight excluding hydrogens is 358 g/mol. The van der Waals surface area contributed by atoms with Crippen LogP contribution in [0.2, 0.25) is 0 Å². The summed E-state index contributed by atoms with van der Waals surface area (Å²) in [5.41, 5.74) is 1.73. The van der Waals surface area contributed by atoms with Crippen LogP contribution in [0.5, 0.6) is 0 Å². The predicted molar refractivity (Wildman–Crippen MR) is 108 cm³/mol. The fourth-order valence-electron chi connectivity index (χ4n) is 3.44. The largest absolute Gasteiger partial charge is 0.336 e. The normalized spacial score (nSPS) is 17.7. The Morgan fingerprint density at radius 1 is 1.22 bits per heavy atom. The molecule has 142 valence electrons. The number of pyridine rings is 1. The van der Waals surface area contributed by atoms with E-state index in [1.54, 1.807) is 12.3 Å². The van der Waals surface area contributed by atoms with E-state index in [2.05, 4.69) is 11.9 Å². The first-order valence-corrected chi connectivity index (χ1v) is 10.5. The molecule has 1 aliphatic heterocycles. The minimum Gasteiger partial charge on any atom is -0.336 e. The molecule has 27 heavy (non-hydrogen) atoms. The minimum atomic E-state index is -0.0414. The number of hydrogen-bond donors (Lipinski definition) is 0. The highest BCUT2D eigenvalue weighted by atomic mass is 32.2. The van der Waals surface area contributed by atoms with E-state index in [9.17, 15) is 9.59 Å². The highest BCUT2D eigenvalue weighted by Gasteiger charge is 2.31. The summed E-state index contributed by atoms with van der Waals surface area (Å²) in [5.74, 6) is 0.0672. The lowest BCUT2D eigenvalue weighted by molar-refractivity contribution is -0.133. The van der Waals surface area contributed by atoms with Crippen LogP contribution >= 0.6 is 11.8 Å². The first-order chi connectivity index (χ1) is 13.1. The van der Waals surface area contributed by atoms with E-state index in [0.29, 0.717) is 31.6 Å². The van der Waals surface area contributed by atoms with Crippen LogP contribution in [-0.4, -0.2) is 52.0 Å². The molecule has 2 amide bonds. The number of benzene rings is 1. The number of amides is 2. The van der Waals surface area contributed by atoms with Gasteiger partial charge in [0.15, 0.2) is 0 Å². The van der Waals surface area contributed by atoms with Crippen molar-refractivity contribution in [2.24, 2.45) is 0 Å². The first kappa shape index (κ1) is 19.4. The molecule has 1 aromatic carbocycles. The van der Waals surface area contributed by atoms with E-state index in [0.717, 1.165) is 17.0 Å². The summed E-state index contributed by atoms with van der Waals surface area (Å²) in [6.45, 7) is 3.66. The molecule has 1 atom stereocenters. The maximum atomic E-state index is 13.1. The molecule has 0 spiro atoms. The summed E-state index contributed by atoms with van der Waals surface area (Å²) in [6.07, 6.45) is 4.78. The van der Waals surface area contributed by atoms with Crippen LogP contribution in [0.15, 0.2) is 53.7 Å². The molecule has 0 saturated carbocycles. The van der Waals surface area contributed by atoms with Gasteiger partial charge in [0.2, 0.25) is 5.91 Å². The SMILES string of the molecule is CC[C@@H]1CN(C(=O)c2cccnc2SC)CCC(=O)N1Cc1ccccc1. The van der Waals surface area contributed by atoms with Crippen LogP contribution in [0.25, 0.3) is 0 Å². The van der Waals surface area contributed by atoms with Crippen LogP contribution in [-0.2, 0) is 11.3 Å². The second-order valence-electron chi connectivity index (χ2n) is 6.63. The van der Waals surface area contributed by atoms with Gasteiger partial charge >= 0.3 is 0 Å². The van der Waals surface area contributed by atoms with Gasteiger partial charge in [-0.25, -0.2) is 4.98 Å². The Labute approximate surface area is 164 Å². The number of carbonyl (C=O) groups is 2.